The van der Waals surface area contributed by atoms with Crippen LogP contribution in [0.4, 0.5) is 0 Å². The minimum Gasteiger partial charge on any atom is -0.469 e. The summed E-state index contributed by atoms with van der Waals surface area (Å²) in [4.78, 5) is 10.7. The molecular formula is C13H19BrO2. The molecule has 16 heavy (non-hydrogen) atoms. The Morgan fingerprint density at radius 3 is 2.38 bits per heavy atom. The molecule has 0 radical (unpaired) electrons. The zero-order valence-electron chi connectivity index (χ0n) is 10.2. The van der Waals surface area contributed by atoms with Gasteiger partial charge < -0.3 is 4.74 Å². The number of alkyl halides is 1. The van der Waals surface area contributed by atoms with Crippen molar-refractivity contribution in [3.8, 4) is 23.7 Å². The smallest absolute Gasteiger partial charge is 0.305 e. The van der Waals surface area contributed by atoms with Crippen molar-refractivity contribution >= 4 is 21.9 Å². The van der Waals surface area contributed by atoms with Gasteiger partial charge in [-0.25, -0.2) is 0 Å². The number of rotatable bonds is 3. The molecule has 0 fully saturated rings. The van der Waals surface area contributed by atoms with Gasteiger partial charge in [0, 0.05) is 12.8 Å². The lowest BCUT2D eigenvalue weighted by Gasteiger charge is -1.93. The first-order valence-corrected chi connectivity index (χ1v) is 6.47. The molecule has 0 atom stereocenters. The second-order valence-electron chi connectivity index (χ2n) is 2.45. The Kier molecular flexibility index (Phi) is 18.0. The van der Waals surface area contributed by atoms with Crippen LogP contribution in [0.15, 0.2) is 0 Å². The van der Waals surface area contributed by atoms with Gasteiger partial charge in [0.05, 0.1) is 18.9 Å². The predicted octanol–water partition coefficient (Wildman–Crippen LogP) is 3.15. The number of carbonyl (C=O) groups excluding carboxylic acids is 1. The van der Waals surface area contributed by atoms with E-state index in [-0.39, 0.29) is 5.97 Å². The summed E-state index contributed by atoms with van der Waals surface area (Å²) in [6.45, 7) is 4.00. The summed E-state index contributed by atoms with van der Waals surface area (Å²) in [5.74, 6) is 11.4. The normalized spacial score (nSPS) is 7.25. The first-order chi connectivity index (χ1) is 7.81. The third-order valence-corrected chi connectivity index (χ3v) is 1.68. The van der Waals surface area contributed by atoms with Crippen LogP contribution in [-0.4, -0.2) is 18.4 Å². The lowest BCUT2D eigenvalue weighted by atomic mass is 10.2. The topological polar surface area (TPSA) is 26.3 Å². The van der Waals surface area contributed by atoms with Gasteiger partial charge >= 0.3 is 5.97 Å². The molecule has 0 amide bonds. The maximum atomic E-state index is 10.7. The van der Waals surface area contributed by atoms with E-state index >= 15 is 0 Å². The molecule has 0 saturated carbocycles. The van der Waals surface area contributed by atoms with Crippen molar-refractivity contribution in [2.24, 2.45) is 0 Å². The third kappa shape index (κ3) is 15.5. The molecular weight excluding hydrogens is 268 g/mol. The van der Waals surface area contributed by atoms with Crippen LogP contribution >= 0.6 is 15.9 Å². The van der Waals surface area contributed by atoms with E-state index in [2.05, 4.69) is 44.3 Å². The summed E-state index contributed by atoms with van der Waals surface area (Å²) < 4.78 is 4.50. The van der Waals surface area contributed by atoms with Crippen LogP contribution in [-0.2, 0) is 9.53 Å². The average Bonchev–Trinajstić information content (AvgIpc) is 2.34. The van der Waals surface area contributed by atoms with Crippen molar-refractivity contribution < 1.29 is 9.53 Å². The molecule has 0 aromatic heterocycles. The molecule has 0 bridgehead atoms. The first kappa shape index (κ1) is 17.5. The molecule has 90 valence electrons. The number of hydrogen-bond donors (Lipinski definition) is 0. The summed E-state index contributed by atoms with van der Waals surface area (Å²) in [5, 5.41) is 0.691. The molecule has 0 aromatic rings. The Morgan fingerprint density at radius 1 is 1.19 bits per heavy atom. The van der Waals surface area contributed by atoms with Crippen LogP contribution in [0.3, 0.4) is 0 Å². The Hall–Kier alpha value is -0.930. The van der Waals surface area contributed by atoms with E-state index in [4.69, 9.17) is 0 Å². The Morgan fingerprint density at radius 2 is 1.81 bits per heavy atom. The summed E-state index contributed by atoms with van der Waals surface area (Å²) >= 11 is 3.19. The fourth-order valence-electron chi connectivity index (χ4n) is 0.728. The lowest BCUT2D eigenvalue weighted by Crippen LogP contribution is -1.98. The van der Waals surface area contributed by atoms with Crippen LogP contribution in [0, 0.1) is 23.7 Å². The van der Waals surface area contributed by atoms with Crippen LogP contribution < -0.4 is 0 Å². The Balaban J connectivity index is 0. The fourth-order valence-corrected chi connectivity index (χ4v) is 0.926. The van der Waals surface area contributed by atoms with Gasteiger partial charge in [-0.15, -0.1) is 5.92 Å². The summed E-state index contributed by atoms with van der Waals surface area (Å²) in [5.41, 5.74) is 0. The van der Waals surface area contributed by atoms with E-state index < -0.39 is 0 Å². The molecule has 0 unspecified atom stereocenters. The largest absolute Gasteiger partial charge is 0.469 e. The fraction of sp³-hybridized carbons (Fsp3) is 0.615. The molecule has 0 aliphatic heterocycles. The van der Waals surface area contributed by atoms with Gasteiger partial charge in [-0.05, 0) is 6.42 Å². The second kappa shape index (κ2) is 16.5. The molecule has 0 aliphatic carbocycles. The van der Waals surface area contributed by atoms with Gasteiger partial charge in [-0.1, -0.05) is 47.5 Å². The minimum atomic E-state index is -0.175. The number of ether oxygens (including phenoxy) is 1. The van der Waals surface area contributed by atoms with Crippen molar-refractivity contribution in [3.05, 3.63) is 0 Å². The van der Waals surface area contributed by atoms with Crippen molar-refractivity contribution in [1.29, 1.82) is 0 Å². The monoisotopic (exact) mass is 286 g/mol. The highest BCUT2D eigenvalue weighted by Gasteiger charge is 1.96. The Labute approximate surface area is 107 Å². The highest BCUT2D eigenvalue weighted by Crippen LogP contribution is 1.95. The average molecular weight is 287 g/mol. The van der Waals surface area contributed by atoms with E-state index in [0.29, 0.717) is 18.2 Å². The zero-order valence-corrected chi connectivity index (χ0v) is 11.8. The molecule has 0 aromatic carbocycles. The quantitative estimate of drug-likeness (QED) is 0.345. The number of hydrogen-bond acceptors (Lipinski definition) is 2. The van der Waals surface area contributed by atoms with Crippen LogP contribution in [0.1, 0.15) is 39.5 Å². The van der Waals surface area contributed by atoms with Crippen LogP contribution in [0.5, 0.6) is 0 Å². The standard InChI is InChI=1S/C11H13BrO2.C2H6/c1-14-11(13)9-7-5-3-2-4-6-8-10-12;1-2/h4-5,7,9-10H2,1H3;1-2H3. The highest BCUT2D eigenvalue weighted by molar-refractivity contribution is 9.09. The minimum absolute atomic E-state index is 0.175. The molecule has 3 heteroatoms. The zero-order chi connectivity index (χ0) is 12.6. The molecule has 0 heterocycles. The summed E-state index contributed by atoms with van der Waals surface area (Å²) in [6.07, 6.45) is 2.53. The van der Waals surface area contributed by atoms with E-state index in [1.54, 1.807) is 0 Å². The molecule has 0 saturated heterocycles. The second-order valence-corrected chi connectivity index (χ2v) is 3.01. The van der Waals surface area contributed by atoms with E-state index in [9.17, 15) is 4.79 Å². The molecule has 0 N–H and O–H groups in total. The van der Waals surface area contributed by atoms with Crippen molar-refractivity contribution in [1.82, 2.24) is 0 Å². The van der Waals surface area contributed by atoms with Gasteiger partial charge in [0.25, 0.3) is 0 Å². The van der Waals surface area contributed by atoms with Gasteiger partial charge in [0.15, 0.2) is 0 Å². The van der Waals surface area contributed by atoms with Gasteiger partial charge in [0.1, 0.15) is 0 Å². The number of carbonyl (C=O) groups is 1. The molecule has 2 nitrogen and oxygen atoms in total. The van der Waals surface area contributed by atoms with Gasteiger partial charge in [0.2, 0.25) is 0 Å². The maximum absolute atomic E-state index is 10.7. The third-order valence-electron chi connectivity index (χ3n) is 1.40. The highest BCUT2D eigenvalue weighted by atomic mass is 79.9. The van der Waals surface area contributed by atoms with Crippen molar-refractivity contribution in [2.45, 2.75) is 39.5 Å². The number of methoxy groups -OCH3 is 1. The molecule has 0 spiro atoms. The summed E-state index contributed by atoms with van der Waals surface area (Å²) in [7, 11) is 1.39. The van der Waals surface area contributed by atoms with Crippen LogP contribution in [0.2, 0.25) is 0 Å². The molecule has 0 aliphatic rings. The van der Waals surface area contributed by atoms with Crippen molar-refractivity contribution in [2.75, 3.05) is 12.4 Å². The first-order valence-electron chi connectivity index (χ1n) is 5.35. The van der Waals surface area contributed by atoms with Crippen LogP contribution in [0.25, 0.3) is 0 Å². The number of halogens is 1. The maximum Gasteiger partial charge on any atom is 0.305 e. The summed E-state index contributed by atoms with van der Waals surface area (Å²) in [6, 6.07) is 0. The predicted molar refractivity (Wildman–Crippen MR) is 71.2 cm³/mol. The Bertz CT molecular complexity index is 276. The van der Waals surface area contributed by atoms with Crippen molar-refractivity contribution in [3.63, 3.8) is 0 Å². The van der Waals surface area contributed by atoms with Gasteiger partial charge in [-0.3, -0.25) is 4.79 Å². The van der Waals surface area contributed by atoms with E-state index in [0.717, 1.165) is 12.8 Å². The number of esters is 1. The van der Waals surface area contributed by atoms with Gasteiger partial charge in [-0.2, -0.15) is 0 Å². The van der Waals surface area contributed by atoms with E-state index in [1.165, 1.54) is 7.11 Å². The number of unbranched alkanes of at least 4 members (excludes halogenated alkanes) is 1. The SMILES string of the molecule is CC.COC(=O)CCCC#CCC#CCBr. The van der Waals surface area contributed by atoms with E-state index in [1.807, 2.05) is 13.8 Å². The molecule has 0 rings (SSSR count). The lowest BCUT2D eigenvalue weighted by molar-refractivity contribution is -0.140.